The Morgan fingerprint density at radius 3 is 2.54 bits per heavy atom. The first-order valence-corrected chi connectivity index (χ1v) is 8.96. The summed E-state index contributed by atoms with van der Waals surface area (Å²) >= 11 is 1.38. The van der Waals surface area contributed by atoms with Crippen LogP contribution in [0.1, 0.15) is 20.8 Å². The van der Waals surface area contributed by atoms with E-state index in [1.165, 1.54) is 11.8 Å². The summed E-state index contributed by atoms with van der Waals surface area (Å²) in [6.07, 6.45) is 0. The van der Waals surface area contributed by atoms with Gasteiger partial charge in [-0.1, -0.05) is 12.1 Å². The predicted molar refractivity (Wildman–Crippen MR) is 95.9 cm³/mol. The number of nitrogens with zero attached hydrogens (tertiary/aromatic N) is 1. The van der Waals surface area contributed by atoms with Gasteiger partial charge < -0.3 is 15.5 Å². The van der Waals surface area contributed by atoms with E-state index in [0.717, 1.165) is 9.80 Å². The molecule has 1 rings (SSSR count). The number of nitrogens with one attached hydrogen (secondary N) is 3. The minimum atomic E-state index is -0.144. The Balaban J connectivity index is 2.61. The van der Waals surface area contributed by atoms with E-state index in [-0.39, 0.29) is 30.9 Å². The molecule has 0 spiro atoms. The molecule has 0 aliphatic rings. The number of benzene rings is 1. The van der Waals surface area contributed by atoms with Crippen LogP contribution in [0.4, 0.5) is 5.69 Å². The molecule has 1 aromatic rings. The Morgan fingerprint density at radius 2 is 1.92 bits per heavy atom. The van der Waals surface area contributed by atoms with Crippen LogP contribution in [0.5, 0.6) is 0 Å². The molecule has 0 aromatic heterocycles. The van der Waals surface area contributed by atoms with Crippen LogP contribution in [0.25, 0.3) is 0 Å². The summed E-state index contributed by atoms with van der Waals surface area (Å²) in [7, 11) is 0. The van der Waals surface area contributed by atoms with E-state index in [4.69, 9.17) is 5.26 Å². The molecule has 0 bridgehead atoms. The van der Waals surface area contributed by atoms with Gasteiger partial charge in [-0.25, -0.2) is 0 Å². The molecule has 0 aliphatic heterocycles. The van der Waals surface area contributed by atoms with E-state index >= 15 is 0 Å². The SMILES string of the molecule is CC[NH+](CC(=O)Nc1ccccc1SCC#N)CC(=O)NC(C)C. The summed E-state index contributed by atoms with van der Waals surface area (Å²) in [6.45, 7) is 6.94. The van der Waals surface area contributed by atoms with Crippen LogP contribution in [0.2, 0.25) is 0 Å². The van der Waals surface area contributed by atoms with Crippen LogP contribution in [0.3, 0.4) is 0 Å². The number of quaternary nitrogens is 1. The fraction of sp³-hybridized carbons (Fsp3) is 0.471. The van der Waals surface area contributed by atoms with Crippen molar-refractivity contribution >= 4 is 29.3 Å². The van der Waals surface area contributed by atoms with Gasteiger partial charge in [0, 0.05) is 10.9 Å². The van der Waals surface area contributed by atoms with Gasteiger partial charge in [0.25, 0.3) is 11.8 Å². The summed E-state index contributed by atoms with van der Waals surface area (Å²) in [5.41, 5.74) is 0.699. The molecular formula is C17H25N4O2S+. The van der Waals surface area contributed by atoms with Crippen molar-refractivity contribution in [3.8, 4) is 6.07 Å². The second-order valence-electron chi connectivity index (χ2n) is 5.67. The zero-order chi connectivity index (χ0) is 17.9. The van der Waals surface area contributed by atoms with Gasteiger partial charge in [-0.05, 0) is 32.9 Å². The summed E-state index contributed by atoms with van der Waals surface area (Å²) in [4.78, 5) is 25.9. The Morgan fingerprint density at radius 1 is 1.25 bits per heavy atom. The third-order valence-electron chi connectivity index (χ3n) is 3.22. The number of carbonyl (C=O) groups excluding carboxylic acids is 2. The van der Waals surface area contributed by atoms with E-state index in [9.17, 15) is 9.59 Å². The van der Waals surface area contributed by atoms with Crippen molar-refractivity contribution in [2.45, 2.75) is 31.7 Å². The lowest BCUT2D eigenvalue weighted by molar-refractivity contribution is -0.881. The number of nitriles is 1. The van der Waals surface area contributed by atoms with Gasteiger partial charge >= 0.3 is 0 Å². The van der Waals surface area contributed by atoms with Crippen LogP contribution in [-0.4, -0.2) is 43.2 Å². The highest BCUT2D eigenvalue weighted by atomic mass is 32.2. The highest BCUT2D eigenvalue weighted by Gasteiger charge is 2.17. The number of thioether (sulfide) groups is 1. The first-order chi connectivity index (χ1) is 11.5. The lowest BCUT2D eigenvalue weighted by atomic mass is 10.3. The molecule has 0 saturated heterocycles. The average Bonchev–Trinajstić information content (AvgIpc) is 2.52. The van der Waals surface area contributed by atoms with E-state index in [1.54, 1.807) is 0 Å². The van der Waals surface area contributed by atoms with Gasteiger partial charge in [0.1, 0.15) is 0 Å². The maximum absolute atomic E-state index is 12.3. The van der Waals surface area contributed by atoms with Gasteiger partial charge in [0.2, 0.25) is 0 Å². The van der Waals surface area contributed by atoms with Crippen LogP contribution in [0, 0.1) is 11.3 Å². The van der Waals surface area contributed by atoms with Crippen molar-refractivity contribution in [2.24, 2.45) is 0 Å². The van der Waals surface area contributed by atoms with Gasteiger partial charge in [-0.15, -0.1) is 11.8 Å². The molecule has 0 heterocycles. The highest BCUT2D eigenvalue weighted by molar-refractivity contribution is 7.99. The van der Waals surface area contributed by atoms with Crippen molar-refractivity contribution < 1.29 is 14.5 Å². The summed E-state index contributed by atoms with van der Waals surface area (Å²) in [5.74, 6) is 0.128. The maximum atomic E-state index is 12.3. The zero-order valence-electron chi connectivity index (χ0n) is 14.4. The quantitative estimate of drug-likeness (QED) is 0.572. The predicted octanol–water partition coefficient (Wildman–Crippen LogP) is 0.670. The normalized spacial score (nSPS) is 11.6. The summed E-state index contributed by atoms with van der Waals surface area (Å²) < 4.78 is 0. The Hall–Kier alpha value is -2.04. The van der Waals surface area contributed by atoms with Crippen molar-refractivity contribution in [1.29, 1.82) is 5.26 Å². The minimum Gasteiger partial charge on any atom is -0.349 e. The molecule has 2 amide bonds. The van der Waals surface area contributed by atoms with Crippen LogP contribution < -0.4 is 15.5 Å². The standard InChI is InChI=1S/C17H24N4O2S/c1-4-21(11-16(22)19-13(2)3)12-17(23)20-14-7-5-6-8-15(14)24-10-9-18/h5-8,13H,4,10-12H2,1-3H3,(H,19,22)(H,20,23)/p+1. The fourth-order valence-corrected chi connectivity index (χ4v) is 2.81. The first-order valence-electron chi connectivity index (χ1n) is 7.97. The highest BCUT2D eigenvalue weighted by Crippen LogP contribution is 2.26. The van der Waals surface area contributed by atoms with Crippen molar-refractivity contribution in [2.75, 3.05) is 30.7 Å². The Labute approximate surface area is 147 Å². The van der Waals surface area contributed by atoms with Gasteiger partial charge in [0.05, 0.1) is 24.1 Å². The van der Waals surface area contributed by atoms with E-state index in [0.29, 0.717) is 18.0 Å². The van der Waals surface area contributed by atoms with Crippen LogP contribution >= 0.6 is 11.8 Å². The maximum Gasteiger partial charge on any atom is 0.279 e. The molecule has 24 heavy (non-hydrogen) atoms. The number of para-hydroxylation sites is 1. The number of amides is 2. The molecule has 0 fully saturated rings. The molecule has 1 aromatic carbocycles. The van der Waals surface area contributed by atoms with Crippen LogP contribution in [-0.2, 0) is 9.59 Å². The van der Waals surface area contributed by atoms with Crippen molar-refractivity contribution in [3.63, 3.8) is 0 Å². The monoisotopic (exact) mass is 349 g/mol. The molecule has 3 N–H and O–H groups in total. The Bertz CT molecular complexity index is 598. The molecule has 130 valence electrons. The number of anilines is 1. The zero-order valence-corrected chi connectivity index (χ0v) is 15.2. The Kier molecular flexibility index (Phi) is 8.90. The lowest BCUT2D eigenvalue weighted by Crippen LogP contribution is -3.14. The van der Waals surface area contributed by atoms with Crippen molar-refractivity contribution in [1.82, 2.24) is 5.32 Å². The third kappa shape index (κ3) is 7.49. The molecule has 0 aliphatic carbocycles. The number of rotatable bonds is 9. The number of hydrogen-bond donors (Lipinski definition) is 3. The third-order valence-corrected chi connectivity index (χ3v) is 4.16. The van der Waals surface area contributed by atoms with E-state index < -0.39 is 0 Å². The van der Waals surface area contributed by atoms with E-state index in [1.807, 2.05) is 45.0 Å². The smallest absolute Gasteiger partial charge is 0.279 e. The molecule has 1 unspecified atom stereocenters. The van der Waals surface area contributed by atoms with Crippen LogP contribution in [0.15, 0.2) is 29.2 Å². The lowest BCUT2D eigenvalue weighted by Gasteiger charge is -2.18. The molecule has 7 heteroatoms. The largest absolute Gasteiger partial charge is 0.349 e. The average molecular weight is 349 g/mol. The van der Waals surface area contributed by atoms with Gasteiger partial charge in [-0.2, -0.15) is 5.26 Å². The van der Waals surface area contributed by atoms with E-state index in [2.05, 4.69) is 16.7 Å². The molecular weight excluding hydrogens is 324 g/mol. The number of carbonyl (C=O) groups is 2. The number of likely N-dealkylation sites (N-methyl/N-ethyl adjacent to an activating group) is 1. The van der Waals surface area contributed by atoms with Crippen molar-refractivity contribution in [3.05, 3.63) is 24.3 Å². The fourth-order valence-electron chi connectivity index (χ4n) is 2.14. The minimum absolute atomic E-state index is 0.0559. The molecule has 0 radical (unpaired) electrons. The second kappa shape index (κ2) is 10.7. The second-order valence-corrected chi connectivity index (χ2v) is 6.69. The summed E-state index contributed by atoms with van der Waals surface area (Å²) in [5, 5.41) is 14.4. The van der Waals surface area contributed by atoms with Gasteiger partial charge in [0.15, 0.2) is 13.1 Å². The topological polar surface area (TPSA) is 86.4 Å². The first kappa shape index (κ1) is 20.0. The summed E-state index contributed by atoms with van der Waals surface area (Å²) in [6, 6.07) is 9.57. The molecule has 6 nitrogen and oxygen atoms in total. The molecule has 1 atom stereocenters. The number of hydrogen-bond acceptors (Lipinski definition) is 4. The van der Waals surface area contributed by atoms with Gasteiger partial charge in [-0.3, -0.25) is 9.59 Å². The molecule has 0 saturated carbocycles.